The molecule has 0 aliphatic rings. The number of hydrogen-bond donors (Lipinski definition) is 0. The first-order valence-electron chi connectivity index (χ1n) is 12.3. The van der Waals surface area contributed by atoms with Gasteiger partial charge in [0.1, 0.15) is 6.61 Å². The van der Waals surface area contributed by atoms with Crippen molar-refractivity contribution in [2.24, 2.45) is 5.92 Å². The van der Waals surface area contributed by atoms with Gasteiger partial charge in [-0.1, -0.05) is 64.1 Å². The maximum atomic E-state index is 13.0. The summed E-state index contributed by atoms with van der Waals surface area (Å²) < 4.78 is 11.6. The summed E-state index contributed by atoms with van der Waals surface area (Å²) in [5.41, 5.74) is 2.15. The van der Waals surface area contributed by atoms with Crippen molar-refractivity contribution < 1.29 is 14.3 Å². The maximum Gasteiger partial charge on any atom is 0.225 e. The molecule has 33 heavy (non-hydrogen) atoms. The SMILES string of the molecule is CCN(CC)CCCC(C)N(Cc1ccc(OCc2ccccc2)c(OC)c1)C(=O)C(C)C. The van der Waals surface area contributed by atoms with Gasteiger partial charge in [0, 0.05) is 18.5 Å². The number of methoxy groups -OCH3 is 1. The molecule has 0 aliphatic carbocycles. The highest BCUT2D eigenvalue weighted by atomic mass is 16.5. The predicted molar refractivity (Wildman–Crippen MR) is 136 cm³/mol. The number of carbonyl (C=O) groups is 1. The zero-order chi connectivity index (χ0) is 24.2. The number of benzene rings is 2. The number of amides is 1. The second kappa shape index (κ2) is 13.9. The van der Waals surface area contributed by atoms with Crippen molar-refractivity contribution in [1.82, 2.24) is 9.80 Å². The Morgan fingerprint density at radius 2 is 1.64 bits per heavy atom. The molecule has 0 saturated heterocycles. The molecule has 1 amide bonds. The van der Waals surface area contributed by atoms with E-state index in [1.165, 1.54) is 0 Å². The molecule has 0 N–H and O–H groups in total. The zero-order valence-electron chi connectivity index (χ0n) is 21.3. The number of hydrogen-bond acceptors (Lipinski definition) is 4. The average Bonchev–Trinajstić information content (AvgIpc) is 2.84. The number of ether oxygens (including phenoxy) is 2. The zero-order valence-corrected chi connectivity index (χ0v) is 21.3. The lowest BCUT2D eigenvalue weighted by atomic mass is 10.1. The fraction of sp³-hybridized carbons (Fsp3) is 0.536. The van der Waals surface area contributed by atoms with E-state index in [1.54, 1.807) is 7.11 Å². The Hall–Kier alpha value is -2.53. The van der Waals surface area contributed by atoms with E-state index in [0.29, 0.717) is 24.7 Å². The monoisotopic (exact) mass is 454 g/mol. The van der Waals surface area contributed by atoms with E-state index in [4.69, 9.17) is 9.47 Å². The minimum Gasteiger partial charge on any atom is -0.493 e. The van der Waals surface area contributed by atoms with E-state index in [1.807, 2.05) is 67.3 Å². The normalized spacial score (nSPS) is 12.1. The van der Waals surface area contributed by atoms with Crippen LogP contribution in [-0.2, 0) is 17.9 Å². The molecule has 0 radical (unpaired) electrons. The Morgan fingerprint density at radius 1 is 0.939 bits per heavy atom. The molecule has 0 aliphatic heterocycles. The molecule has 5 nitrogen and oxygen atoms in total. The van der Waals surface area contributed by atoms with E-state index < -0.39 is 0 Å². The second-order valence-electron chi connectivity index (χ2n) is 8.90. The van der Waals surface area contributed by atoms with Crippen molar-refractivity contribution in [3.8, 4) is 11.5 Å². The molecule has 1 atom stereocenters. The summed E-state index contributed by atoms with van der Waals surface area (Å²) in [5.74, 6) is 1.55. The molecule has 0 heterocycles. The lowest BCUT2D eigenvalue weighted by Gasteiger charge is -2.32. The fourth-order valence-electron chi connectivity index (χ4n) is 3.95. The Balaban J connectivity index is 2.08. The minimum absolute atomic E-state index is 0.0365. The third-order valence-corrected chi connectivity index (χ3v) is 6.12. The topological polar surface area (TPSA) is 42.0 Å². The summed E-state index contributed by atoms with van der Waals surface area (Å²) in [6, 6.07) is 16.2. The Kier molecular flexibility index (Phi) is 11.2. The van der Waals surface area contributed by atoms with E-state index in [0.717, 1.165) is 43.6 Å². The van der Waals surface area contributed by atoms with Crippen LogP contribution < -0.4 is 9.47 Å². The summed E-state index contributed by atoms with van der Waals surface area (Å²) in [6.45, 7) is 14.8. The summed E-state index contributed by atoms with van der Waals surface area (Å²) in [6.07, 6.45) is 2.07. The van der Waals surface area contributed by atoms with E-state index >= 15 is 0 Å². The lowest BCUT2D eigenvalue weighted by molar-refractivity contribution is -0.137. The Bertz CT molecular complexity index is 834. The highest BCUT2D eigenvalue weighted by Crippen LogP contribution is 2.30. The van der Waals surface area contributed by atoms with Gasteiger partial charge in [-0.2, -0.15) is 0 Å². The molecule has 5 heteroatoms. The minimum atomic E-state index is -0.0365. The van der Waals surface area contributed by atoms with Crippen LogP contribution >= 0.6 is 0 Å². The molecular formula is C28H42N2O3. The van der Waals surface area contributed by atoms with Gasteiger partial charge < -0.3 is 19.3 Å². The highest BCUT2D eigenvalue weighted by molar-refractivity contribution is 5.78. The van der Waals surface area contributed by atoms with Crippen LogP contribution in [0.2, 0.25) is 0 Å². The first kappa shape index (κ1) is 26.7. The van der Waals surface area contributed by atoms with Crippen LogP contribution in [0.15, 0.2) is 48.5 Å². The van der Waals surface area contributed by atoms with Gasteiger partial charge in [-0.25, -0.2) is 0 Å². The fourth-order valence-corrected chi connectivity index (χ4v) is 3.95. The van der Waals surface area contributed by atoms with Gasteiger partial charge in [-0.3, -0.25) is 4.79 Å². The molecule has 2 rings (SSSR count). The third kappa shape index (κ3) is 8.39. The molecule has 0 saturated carbocycles. The van der Waals surface area contributed by atoms with Gasteiger partial charge in [-0.05, 0) is 62.7 Å². The maximum absolute atomic E-state index is 13.0. The predicted octanol–water partition coefficient (Wildman–Crippen LogP) is 5.77. The molecule has 0 aromatic heterocycles. The van der Waals surface area contributed by atoms with Crippen LogP contribution in [0.1, 0.15) is 58.6 Å². The van der Waals surface area contributed by atoms with Gasteiger partial charge in [0.2, 0.25) is 5.91 Å². The van der Waals surface area contributed by atoms with Crippen molar-refractivity contribution in [3.63, 3.8) is 0 Å². The summed E-state index contributed by atoms with van der Waals surface area (Å²) in [7, 11) is 1.65. The van der Waals surface area contributed by atoms with E-state index in [9.17, 15) is 4.79 Å². The summed E-state index contributed by atoms with van der Waals surface area (Å²) >= 11 is 0. The van der Waals surface area contributed by atoms with Crippen LogP contribution in [0, 0.1) is 5.92 Å². The number of rotatable bonds is 14. The highest BCUT2D eigenvalue weighted by Gasteiger charge is 2.23. The first-order valence-corrected chi connectivity index (χ1v) is 12.3. The van der Waals surface area contributed by atoms with Crippen LogP contribution in [0.3, 0.4) is 0 Å². The molecule has 2 aromatic carbocycles. The molecule has 2 aromatic rings. The molecule has 0 spiro atoms. The smallest absolute Gasteiger partial charge is 0.225 e. The standard InChI is InChI=1S/C28H42N2O3/c1-7-29(8-2)18-12-13-23(5)30(28(31)22(3)4)20-25-16-17-26(27(19-25)32-6)33-21-24-14-10-9-11-15-24/h9-11,14-17,19,22-23H,7-8,12-13,18,20-21H2,1-6H3. The van der Waals surface area contributed by atoms with Crippen LogP contribution in [0.5, 0.6) is 11.5 Å². The number of nitrogens with zero attached hydrogens (tertiary/aromatic N) is 2. The Morgan fingerprint density at radius 3 is 2.24 bits per heavy atom. The van der Waals surface area contributed by atoms with Gasteiger partial charge in [0.05, 0.1) is 7.11 Å². The average molecular weight is 455 g/mol. The summed E-state index contributed by atoms with van der Waals surface area (Å²) in [5, 5.41) is 0. The molecule has 182 valence electrons. The van der Waals surface area contributed by atoms with Crippen molar-refractivity contribution in [2.75, 3.05) is 26.7 Å². The van der Waals surface area contributed by atoms with Crippen molar-refractivity contribution in [2.45, 2.75) is 66.7 Å². The van der Waals surface area contributed by atoms with Crippen molar-refractivity contribution in [3.05, 3.63) is 59.7 Å². The molecule has 0 fully saturated rings. The van der Waals surface area contributed by atoms with Crippen LogP contribution in [0.4, 0.5) is 0 Å². The van der Waals surface area contributed by atoms with Crippen molar-refractivity contribution >= 4 is 5.91 Å². The molecule has 1 unspecified atom stereocenters. The lowest BCUT2D eigenvalue weighted by Crippen LogP contribution is -2.41. The summed E-state index contributed by atoms with van der Waals surface area (Å²) in [4.78, 5) is 17.5. The Labute approximate surface area is 200 Å². The molecular weight excluding hydrogens is 412 g/mol. The largest absolute Gasteiger partial charge is 0.493 e. The first-order chi connectivity index (χ1) is 15.9. The van der Waals surface area contributed by atoms with Crippen LogP contribution in [-0.4, -0.2) is 48.5 Å². The third-order valence-electron chi connectivity index (χ3n) is 6.12. The van der Waals surface area contributed by atoms with Gasteiger partial charge in [0.25, 0.3) is 0 Å². The molecule has 0 bridgehead atoms. The number of carbonyl (C=O) groups excluding carboxylic acids is 1. The van der Waals surface area contributed by atoms with E-state index in [2.05, 4.69) is 25.7 Å². The van der Waals surface area contributed by atoms with Crippen LogP contribution in [0.25, 0.3) is 0 Å². The quantitative estimate of drug-likeness (QED) is 0.363. The van der Waals surface area contributed by atoms with Gasteiger partial charge in [0.15, 0.2) is 11.5 Å². The second-order valence-corrected chi connectivity index (χ2v) is 8.90. The van der Waals surface area contributed by atoms with Gasteiger partial charge >= 0.3 is 0 Å². The van der Waals surface area contributed by atoms with Crippen molar-refractivity contribution in [1.29, 1.82) is 0 Å². The van der Waals surface area contributed by atoms with Gasteiger partial charge in [-0.15, -0.1) is 0 Å². The van der Waals surface area contributed by atoms with E-state index in [-0.39, 0.29) is 17.9 Å².